The zero-order chi connectivity index (χ0) is 18.0. The Morgan fingerprint density at radius 2 is 1.96 bits per heavy atom. The van der Waals surface area contributed by atoms with Crippen LogP contribution in [0.25, 0.3) is 11.3 Å². The highest BCUT2D eigenvalue weighted by Crippen LogP contribution is 2.28. The zero-order valence-electron chi connectivity index (χ0n) is 13.8. The maximum atomic E-state index is 12.4. The highest BCUT2D eigenvalue weighted by molar-refractivity contribution is 6.31. The molecule has 5 nitrogen and oxygen atoms in total. The molecule has 0 aliphatic heterocycles. The second-order valence-electron chi connectivity index (χ2n) is 5.54. The van der Waals surface area contributed by atoms with E-state index < -0.39 is 0 Å². The molecule has 0 saturated heterocycles. The summed E-state index contributed by atoms with van der Waals surface area (Å²) in [5.74, 6) is 0.977. The second kappa shape index (κ2) is 6.91. The second-order valence-corrected chi connectivity index (χ2v) is 5.94. The van der Waals surface area contributed by atoms with Crippen LogP contribution in [0.2, 0.25) is 5.02 Å². The number of carbonyl (C=O) groups is 1. The molecule has 2 aromatic carbocycles. The van der Waals surface area contributed by atoms with Gasteiger partial charge in [-0.05, 0) is 42.8 Å². The van der Waals surface area contributed by atoms with Gasteiger partial charge in [0.25, 0.3) is 5.91 Å². The lowest BCUT2D eigenvalue weighted by molar-refractivity contribution is 0.0997. The van der Waals surface area contributed by atoms with Crippen molar-refractivity contribution in [3.8, 4) is 17.1 Å². The van der Waals surface area contributed by atoms with Crippen LogP contribution in [-0.2, 0) is 0 Å². The van der Waals surface area contributed by atoms with Crippen molar-refractivity contribution in [1.29, 1.82) is 0 Å². The summed E-state index contributed by atoms with van der Waals surface area (Å²) in [5.41, 5.74) is 8.59. The molecule has 3 rings (SSSR count). The Morgan fingerprint density at radius 1 is 1.16 bits per heavy atom. The van der Waals surface area contributed by atoms with E-state index in [4.69, 9.17) is 26.5 Å². The Morgan fingerprint density at radius 3 is 2.64 bits per heavy atom. The van der Waals surface area contributed by atoms with Crippen molar-refractivity contribution < 1.29 is 13.9 Å². The Kier molecular flexibility index (Phi) is 4.67. The normalized spacial score (nSPS) is 10.5. The van der Waals surface area contributed by atoms with E-state index in [1.54, 1.807) is 43.5 Å². The van der Waals surface area contributed by atoms with E-state index >= 15 is 0 Å². The van der Waals surface area contributed by atoms with E-state index in [0.717, 1.165) is 11.1 Å². The summed E-state index contributed by atoms with van der Waals surface area (Å²) in [6, 6.07) is 14.0. The summed E-state index contributed by atoms with van der Waals surface area (Å²) < 4.78 is 10.7. The van der Waals surface area contributed by atoms with Crippen LogP contribution in [0.5, 0.6) is 5.75 Å². The number of furan rings is 1. The number of rotatable bonds is 4. The number of halogens is 1. The molecule has 1 heterocycles. The van der Waals surface area contributed by atoms with Crippen LogP contribution < -0.4 is 15.8 Å². The summed E-state index contributed by atoms with van der Waals surface area (Å²) >= 11 is 6.14. The lowest BCUT2D eigenvalue weighted by Gasteiger charge is -2.08. The number of aryl methyl sites for hydroxylation is 1. The minimum absolute atomic E-state index is 0.182. The molecule has 128 valence electrons. The van der Waals surface area contributed by atoms with Crippen LogP contribution in [-0.4, -0.2) is 13.0 Å². The zero-order valence-corrected chi connectivity index (χ0v) is 14.6. The summed E-state index contributed by atoms with van der Waals surface area (Å²) in [6.07, 6.45) is 0. The van der Waals surface area contributed by atoms with E-state index in [0.29, 0.717) is 27.9 Å². The first-order chi connectivity index (χ1) is 12.0. The van der Waals surface area contributed by atoms with Gasteiger partial charge in [0.05, 0.1) is 18.5 Å². The molecule has 1 amide bonds. The minimum Gasteiger partial charge on any atom is -0.497 e. The quantitative estimate of drug-likeness (QED) is 0.661. The number of anilines is 2. The van der Waals surface area contributed by atoms with E-state index in [2.05, 4.69) is 5.32 Å². The van der Waals surface area contributed by atoms with Gasteiger partial charge in [-0.15, -0.1) is 0 Å². The number of amides is 1. The van der Waals surface area contributed by atoms with Crippen LogP contribution in [0, 0.1) is 6.92 Å². The van der Waals surface area contributed by atoms with Crippen molar-refractivity contribution in [2.45, 2.75) is 6.92 Å². The molecule has 0 unspecified atom stereocenters. The van der Waals surface area contributed by atoms with Gasteiger partial charge in [-0.25, -0.2) is 0 Å². The molecule has 0 radical (unpaired) electrons. The fraction of sp³-hybridized carbons (Fsp3) is 0.105. The fourth-order valence-electron chi connectivity index (χ4n) is 2.33. The number of nitrogen functional groups attached to an aromatic ring is 1. The Hall–Kier alpha value is -2.92. The lowest BCUT2D eigenvalue weighted by atomic mass is 10.1. The van der Waals surface area contributed by atoms with Crippen LogP contribution in [0.3, 0.4) is 0 Å². The van der Waals surface area contributed by atoms with Crippen molar-refractivity contribution in [2.75, 3.05) is 18.2 Å². The number of methoxy groups -OCH3 is 1. The topological polar surface area (TPSA) is 77.5 Å². The van der Waals surface area contributed by atoms with Crippen LogP contribution >= 0.6 is 11.6 Å². The van der Waals surface area contributed by atoms with Gasteiger partial charge in [-0.3, -0.25) is 4.79 Å². The number of hydrogen-bond acceptors (Lipinski definition) is 4. The fourth-order valence-corrected chi connectivity index (χ4v) is 2.51. The summed E-state index contributed by atoms with van der Waals surface area (Å²) in [6.45, 7) is 1.92. The van der Waals surface area contributed by atoms with Gasteiger partial charge in [0, 0.05) is 16.7 Å². The van der Waals surface area contributed by atoms with E-state index in [1.165, 1.54) is 0 Å². The molecule has 0 spiro atoms. The van der Waals surface area contributed by atoms with Crippen molar-refractivity contribution in [3.63, 3.8) is 0 Å². The van der Waals surface area contributed by atoms with E-state index in [9.17, 15) is 4.79 Å². The largest absolute Gasteiger partial charge is 0.497 e. The monoisotopic (exact) mass is 356 g/mol. The molecule has 0 atom stereocenters. The number of hydrogen-bond donors (Lipinski definition) is 2. The summed E-state index contributed by atoms with van der Waals surface area (Å²) in [7, 11) is 1.55. The third-order valence-corrected chi connectivity index (χ3v) is 4.20. The molecule has 0 aliphatic rings. The predicted octanol–water partition coefficient (Wildman–Crippen LogP) is 4.75. The predicted molar refractivity (Wildman–Crippen MR) is 99.3 cm³/mol. The number of benzene rings is 2. The molecule has 3 aromatic rings. The van der Waals surface area contributed by atoms with Gasteiger partial charge in [0.2, 0.25) is 0 Å². The van der Waals surface area contributed by atoms with Gasteiger partial charge >= 0.3 is 0 Å². The molecular formula is C19H17ClN2O3. The lowest BCUT2D eigenvalue weighted by Crippen LogP contribution is -2.12. The number of carbonyl (C=O) groups excluding carboxylic acids is 1. The van der Waals surface area contributed by atoms with Gasteiger partial charge in [0.1, 0.15) is 11.5 Å². The first-order valence-corrected chi connectivity index (χ1v) is 7.97. The smallest absolute Gasteiger partial charge is 0.291 e. The SMILES string of the molecule is COc1ccc(NC(=O)c2ccc(-c3ccc(C)c(Cl)c3)o2)c(N)c1. The average Bonchev–Trinajstić information content (AvgIpc) is 3.09. The molecule has 25 heavy (non-hydrogen) atoms. The molecular weight excluding hydrogens is 340 g/mol. The van der Waals surface area contributed by atoms with Crippen LogP contribution in [0.1, 0.15) is 16.1 Å². The summed E-state index contributed by atoms with van der Waals surface area (Å²) in [5, 5.41) is 3.37. The molecule has 0 aliphatic carbocycles. The van der Waals surface area contributed by atoms with E-state index in [1.807, 2.05) is 19.1 Å². The molecule has 0 fully saturated rings. The molecule has 1 aromatic heterocycles. The molecule has 3 N–H and O–H groups in total. The number of nitrogens with one attached hydrogen (secondary N) is 1. The van der Waals surface area contributed by atoms with Crippen LogP contribution in [0.4, 0.5) is 11.4 Å². The Labute approximate surface area is 150 Å². The van der Waals surface area contributed by atoms with Gasteiger partial charge in [-0.2, -0.15) is 0 Å². The molecule has 0 saturated carbocycles. The summed E-state index contributed by atoms with van der Waals surface area (Å²) in [4.78, 5) is 12.4. The maximum absolute atomic E-state index is 12.4. The maximum Gasteiger partial charge on any atom is 0.291 e. The van der Waals surface area contributed by atoms with Crippen molar-refractivity contribution in [1.82, 2.24) is 0 Å². The first-order valence-electron chi connectivity index (χ1n) is 7.59. The van der Waals surface area contributed by atoms with Gasteiger partial charge in [-0.1, -0.05) is 23.7 Å². The Bertz CT molecular complexity index is 934. The van der Waals surface area contributed by atoms with Crippen molar-refractivity contribution in [2.24, 2.45) is 0 Å². The minimum atomic E-state index is -0.388. The number of nitrogens with two attached hydrogens (primary N) is 1. The third kappa shape index (κ3) is 3.61. The van der Waals surface area contributed by atoms with Crippen molar-refractivity contribution in [3.05, 3.63) is 64.9 Å². The van der Waals surface area contributed by atoms with Crippen LogP contribution in [0.15, 0.2) is 52.9 Å². The molecule has 0 bridgehead atoms. The molecule has 6 heteroatoms. The first kappa shape index (κ1) is 16.9. The highest BCUT2D eigenvalue weighted by atomic mass is 35.5. The number of ether oxygens (including phenoxy) is 1. The van der Waals surface area contributed by atoms with Gasteiger partial charge < -0.3 is 20.2 Å². The Balaban J connectivity index is 1.80. The highest BCUT2D eigenvalue weighted by Gasteiger charge is 2.14. The average molecular weight is 357 g/mol. The third-order valence-electron chi connectivity index (χ3n) is 3.79. The van der Waals surface area contributed by atoms with Gasteiger partial charge in [0.15, 0.2) is 5.76 Å². The van der Waals surface area contributed by atoms with Crippen molar-refractivity contribution >= 4 is 28.9 Å². The standard InChI is InChI=1S/C19H17ClN2O3/c1-11-3-4-12(9-14(11)20)17-7-8-18(25-17)19(23)22-16-6-5-13(24-2)10-15(16)21/h3-10H,21H2,1-2H3,(H,22,23). The van der Waals surface area contributed by atoms with E-state index in [-0.39, 0.29) is 11.7 Å².